The summed E-state index contributed by atoms with van der Waals surface area (Å²) in [6.45, 7) is 6.19. The van der Waals surface area contributed by atoms with Crippen LogP contribution in [0.1, 0.15) is 42.3 Å². The summed E-state index contributed by atoms with van der Waals surface area (Å²) in [6.07, 6.45) is 5.61. The topological polar surface area (TPSA) is 80.3 Å². The van der Waals surface area contributed by atoms with E-state index in [1.54, 1.807) is 13.2 Å². The Kier molecular flexibility index (Phi) is 7.19. The van der Waals surface area contributed by atoms with Gasteiger partial charge in [0, 0.05) is 38.6 Å². The zero-order chi connectivity index (χ0) is 23.0. The Hall–Kier alpha value is -3.87. The largest absolute Gasteiger partial charge is 0.359 e. The molecular formula is C26H30N6O. The summed E-state index contributed by atoms with van der Waals surface area (Å²) in [7, 11) is 1.76. The van der Waals surface area contributed by atoms with Crippen LogP contribution in [0.2, 0.25) is 0 Å². The first kappa shape index (κ1) is 22.3. The van der Waals surface area contributed by atoms with Crippen LogP contribution in [0.4, 0.5) is 0 Å². The Morgan fingerprint density at radius 3 is 2.55 bits per heavy atom. The first-order chi connectivity index (χ1) is 16.1. The molecule has 7 heteroatoms. The minimum atomic E-state index is 0.344. The zero-order valence-electron chi connectivity index (χ0n) is 19.3. The Balaban J connectivity index is 1.38. The van der Waals surface area contributed by atoms with Crippen molar-refractivity contribution in [2.45, 2.75) is 39.4 Å². The third-order valence-electron chi connectivity index (χ3n) is 5.48. The molecule has 170 valence electrons. The molecule has 0 aliphatic heterocycles. The van der Waals surface area contributed by atoms with E-state index in [1.807, 2.05) is 18.6 Å². The van der Waals surface area contributed by atoms with E-state index in [4.69, 9.17) is 4.52 Å². The maximum absolute atomic E-state index is 5.40. The third-order valence-corrected chi connectivity index (χ3v) is 5.48. The molecule has 4 aromatic rings. The van der Waals surface area contributed by atoms with Gasteiger partial charge < -0.3 is 19.7 Å². The van der Waals surface area contributed by atoms with Gasteiger partial charge in [-0.2, -0.15) is 0 Å². The lowest BCUT2D eigenvalue weighted by Gasteiger charge is -2.14. The molecule has 0 atom stereocenters. The number of hydrogen-bond donors (Lipinski definition) is 2. The van der Waals surface area contributed by atoms with E-state index in [0.717, 1.165) is 18.0 Å². The van der Waals surface area contributed by atoms with Crippen molar-refractivity contribution in [1.82, 2.24) is 25.3 Å². The molecule has 0 aliphatic carbocycles. The predicted octanol–water partition coefficient (Wildman–Crippen LogP) is 4.58. The highest BCUT2D eigenvalue weighted by atomic mass is 16.5. The monoisotopic (exact) mass is 442 g/mol. The van der Waals surface area contributed by atoms with Crippen LogP contribution in [0.5, 0.6) is 0 Å². The summed E-state index contributed by atoms with van der Waals surface area (Å²) in [6, 6.07) is 19.1. The fourth-order valence-electron chi connectivity index (χ4n) is 3.59. The third kappa shape index (κ3) is 5.88. The molecule has 0 spiro atoms. The number of benzene rings is 2. The molecule has 2 N–H and O–H groups in total. The first-order valence-corrected chi connectivity index (χ1v) is 11.2. The van der Waals surface area contributed by atoms with E-state index in [9.17, 15) is 0 Å². The van der Waals surface area contributed by atoms with E-state index in [1.165, 1.54) is 22.3 Å². The molecule has 0 radical (unpaired) electrons. The van der Waals surface area contributed by atoms with Crippen molar-refractivity contribution in [3.63, 3.8) is 0 Å². The SMILES string of the molecule is CN=C(NCc1cc(C(C)C)no1)NCc1ccccc1-c1ccc(Cn2ccnc2)cc1. The average molecular weight is 443 g/mol. The van der Waals surface area contributed by atoms with Crippen molar-refractivity contribution < 1.29 is 4.52 Å². The van der Waals surface area contributed by atoms with Crippen molar-refractivity contribution in [3.8, 4) is 11.1 Å². The van der Waals surface area contributed by atoms with E-state index < -0.39 is 0 Å². The summed E-state index contributed by atoms with van der Waals surface area (Å²) in [5, 5.41) is 10.8. The maximum atomic E-state index is 5.40. The first-order valence-electron chi connectivity index (χ1n) is 11.2. The number of imidazole rings is 1. The normalized spacial score (nSPS) is 11.7. The molecule has 0 amide bonds. The van der Waals surface area contributed by atoms with Crippen LogP contribution in [-0.2, 0) is 19.6 Å². The number of aromatic nitrogens is 3. The van der Waals surface area contributed by atoms with Crippen LogP contribution in [0.15, 0.2) is 82.8 Å². The van der Waals surface area contributed by atoms with Crippen molar-refractivity contribution >= 4 is 5.96 Å². The summed E-state index contributed by atoms with van der Waals surface area (Å²) in [5.41, 5.74) is 5.79. The van der Waals surface area contributed by atoms with Gasteiger partial charge in [-0.1, -0.05) is 67.5 Å². The summed E-state index contributed by atoms with van der Waals surface area (Å²) in [5.74, 6) is 1.84. The number of rotatable bonds is 8. The van der Waals surface area contributed by atoms with Crippen LogP contribution in [-0.4, -0.2) is 27.7 Å². The van der Waals surface area contributed by atoms with E-state index >= 15 is 0 Å². The number of guanidine groups is 1. The van der Waals surface area contributed by atoms with E-state index in [2.05, 4.69) is 92.7 Å². The Morgan fingerprint density at radius 2 is 1.85 bits per heavy atom. The molecule has 2 aromatic heterocycles. The molecule has 33 heavy (non-hydrogen) atoms. The predicted molar refractivity (Wildman–Crippen MR) is 131 cm³/mol. The molecule has 2 heterocycles. The van der Waals surface area contributed by atoms with Gasteiger partial charge >= 0.3 is 0 Å². The quantitative estimate of drug-likeness (QED) is 0.309. The highest BCUT2D eigenvalue weighted by Crippen LogP contribution is 2.24. The maximum Gasteiger partial charge on any atom is 0.191 e. The second kappa shape index (κ2) is 10.6. The van der Waals surface area contributed by atoms with Gasteiger partial charge in [-0.05, 0) is 28.2 Å². The second-order valence-electron chi connectivity index (χ2n) is 8.24. The molecule has 0 aliphatic rings. The fraction of sp³-hybridized carbons (Fsp3) is 0.269. The Morgan fingerprint density at radius 1 is 1.06 bits per heavy atom. The highest BCUT2D eigenvalue weighted by molar-refractivity contribution is 5.80. The van der Waals surface area contributed by atoms with Gasteiger partial charge in [-0.3, -0.25) is 4.99 Å². The summed E-state index contributed by atoms with van der Waals surface area (Å²) < 4.78 is 7.47. The highest BCUT2D eigenvalue weighted by Gasteiger charge is 2.09. The Labute approximate surface area is 194 Å². The van der Waals surface area contributed by atoms with E-state index in [-0.39, 0.29) is 0 Å². The minimum Gasteiger partial charge on any atom is -0.359 e. The standard InChI is InChI=1S/C26H30N6O/c1-19(2)25-14-23(33-31-25)16-30-26(27-3)29-15-22-6-4-5-7-24(22)21-10-8-20(9-11-21)17-32-13-12-28-18-32/h4-14,18-19H,15-17H2,1-3H3,(H2,27,29,30). The second-order valence-corrected chi connectivity index (χ2v) is 8.24. The average Bonchev–Trinajstić information content (AvgIpc) is 3.52. The molecule has 0 fully saturated rings. The molecule has 7 nitrogen and oxygen atoms in total. The van der Waals surface area contributed by atoms with Gasteiger partial charge in [0.25, 0.3) is 0 Å². The zero-order valence-corrected chi connectivity index (χ0v) is 19.3. The van der Waals surface area contributed by atoms with Crippen molar-refractivity contribution in [2.75, 3.05) is 7.05 Å². The molecule has 0 saturated heterocycles. The number of nitrogens with zero attached hydrogens (tertiary/aromatic N) is 4. The van der Waals surface area contributed by atoms with Gasteiger partial charge in [0.2, 0.25) is 0 Å². The number of nitrogens with one attached hydrogen (secondary N) is 2. The van der Waals surface area contributed by atoms with Crippen LogP contribution in [0, 0.1) is 0 Å². The molecule has 2 aromatic carbocycles. The molecular weight excluding hydrogens is 412 g/mol. The molecule has 0 saturated carbocycles. The van der Waals surface area contributed by atoms with Crippen LogP contribution < -0.4 is 10.6 Å². The van der Waals surface area contributed by atoms with Crippen molar-refractivity contribution in [2.24, 2.45) is 4.99 Å². The summed E-state index contributed by atoms with van der Waals surface area (Å²) in [4.78, 5) is 8.44. The fourth-order valence-corrected chi connectivity index (χ4v) is 3.59. The van der Waals surface area contributed by atoms with Crippen LogP contribution in [0.3, 0.4) is 0 Å². The van der Waals surface area contributed by atoms with Gasteiger partial charge in [0.15, 0.2) is 11.7 Å². The molecule has 4 rings (SSSR count). The number of aliphatic imine (C=N–C) groups is 1. The van der Waals surface area contributed by atoms with Crippen molar-refractivity contribution in [1.29, 1.82) is 0 Å². The summed E-state index contributed by atoms with van der Waals surface area (Å²) >= 11 is 0. The number of hydrogen-bond acceptors (Lipinski definition) is 4. The van der Waals surface area contributed by atoms with E-state index in [0.29, 0.717) is 25.0 Å². The Bertz CT molecular complexity index is 1180. The van der Waals surface area contributed by atoms with Gasteiger partial charge in [0.1, 0.15) is 0 Å². The van der Waals surface area contributed by atoms with Crippen LogP contribution >= 0.6 is 0 Å². The van der Waals surface area contributed by atoms with Gasteiger partial charge in [-0.15, -0.1) is 0 Å². The van der Waals surface area contributed by atoms with Crippen molar-refractivity contribution in [3.05, 3.63) is 95.9 Å². The minimum absolute atomic E-state index is 0.344. The molecule has 0 unspecified atom stereocenters. The van der Waals surface area contributed by atoms with Crippen LogP contribution in [0.25, 0.3) is 11.1 Å². The lowest BCUT2D eigenvalue weighted by molar-refractivity contribution is 0.372. The van der Waals surface area contributed by atoms with Gasteiger partial charge in [-0.25, -0.2) is 4.98 Å². The lowest BCUT2D eigenvalue weighted by Crippen LogP contribution is -2.36. The molecule has 0 bridgehead atoms. The lowest BCUT2D eigenvalue weighted by atomic mass is 9.98. The van der Waals surface area contributed by atoms with Gasteiger partial charge in [0.05, 0.1) is 18.6 Å². The smallest absolute Gasteiger partial charge is 0.191 e.